The van der Waals surface area contributed by atoms with Crippen LogP contribution in [0.1, 0.15) is 78.6 Å². The van der Waals surface area contributed by atoms with Crippen molar-refractivity contribution in [2.24, 2.45) is 40.9 Å². The van der Waals surface area contributed by atoms with E-state index in [4.69, 9.17) is 4.74 Å². The second kappa shape index (κ2) is 7.85. The Hall–Kier alpha value is -0.450. The number of ether oxygens (including phenoxy) is 1. The molecule has 9 atom stereocenters. The van der Waals surface area contributed by atoms with E-state index in [1.807, 2.05) is 0 Å². The third-order valence-electron chi connectivity index (χ3n) is 10.3. The molecule has 170 valence electrons. The maximum atomic E-state index is 13.4. The van der Waals surface area contributed by atoms with E-state index in [1.165, 1.54) is 38.5 Å². The summed E-state index contributed by atoms with van der Waals surface area (Å²) in [5, 5.41) is 10.6. The molecule has 4 aliphatic carbocycles. The topological polar surface area (TPSA) is 49.8 Å². The van der Waals surface area contributed by atoms with Gasteiger partial charge in [-0.25, -0.2) is 0 Å². The van der Waals surface area contributed by atoms with Gasteiger partial charge >= 0.3 is 0 Å². The van der Waals surface area contributed by atoms with Crippen LogP contribution in [-0.2, 0) is 9.53 Å². The first-order valence-electron chi connectivity index (χ1n) is 12.9. The molecule has 0 radical (unpaired) electrons. The molecule has 0 aromatic heterocycles. The van der Waals surface area contributed by atoms with E-state index in [1.54, 1.807) is 0 Å². The SMILES string of the molecule is C[C@@H]1CN(CC(=O)[C@H]2CC[C@H]3[C@@H]4CCC5C[C@](C)(O)CC[C@@H]5[C@H]4CC[C@]23C)CCO1. The summed E-state index contributed by atoms with van der Waals surface area (Å²) in [5.41, 5.74) is -0.206. The molecular formula is C26H43NO3. The molecule has 0 bridgehead atoms. The molecule has 4 heteroatoms. The fraction of sp³-hybridized carbons (Fsp3) is 0.962. The fourth-order valence-electron chi connectivity index (χ4n) is 8.98. The Balaban J connectivity index is 1.27. The average molecular weight is 418 g/mol. The number of ketones is 1. The normalized spacial score (nSPS) is 51.7. The van der Waals surface area contributed by atoms with Crippen LogP contribution >= 0.6 is 0 Å². The van der Waals surface area contributed by atoms with Crippen LogP contribution in [0.3, 0.4) is 0 Å². The maximum Gasteiger partial charge on any atom is 0.150 e. The Morgan fingerprint density at radius 3 is 2.63 bits per heavy atom. The molecule has 4 nitrogen and oxygen atoms in total. The number of aliphatic hydroxyl groups is 1. The molecule has 4 saturated carbocycles. The summed E-state index contributed by atoms with van der Waals surface area (Å²) in [6.07, 6.45) is 11.1. The molecular weight excluding hydrogens is 374 g/mol. The quantitative estimate of drug-likeness (QED) is 0.744. The second-order valence-electron chi connectivity index (χ2n) is 12.2. The van der Waals surface area contributed by atoms with Gasteiger partial charge in [0.05, 0.1) is 24.9 Å². The van der Waals surface area contributed by atoms with Crippen molar-refractivity contribution in [1.82, 2.24) is 4.90 Å². The highest BCUT2D eigenvalue weighted by molar-refractivity contribution is 5.84. The Bertz CT molecular complexity index is 663. The Morgan fingerprint density at radius 2 is 1.83 bits per heavy atom. The number of hydrogen-bond acceptors (Lipinski definition) is 4. The van der Waals surface area contributed by atoms with Gasteiger partial charge in [0.2, 0.25) is 0 Å². The molecule has 1 heterocycles. The summed E-state index contributed by atoms with van der Waals surface area (Å²) in [6.45, 7) is 9.84. The van der Waals surface area contributed by atoms with Crippen LogP contribution in [0.15, 0.2) is 0 Å². The summed E-state index contributed by atoms with van der Waals surface area (Å²) < 4.78 is 5.67. The van der Waals surface area contributed by atoms with Gasteiger partial charge in [-0.3, -0.25) is 9.69 Å². The number of hydrogen-bond donors (Lipinski definition) is 1. The van der Waals surface area contributed by atoms with Gasteiger partial charge in [-0.15, -0.1) is 0 Å². The maximum absolute atomic E-state index is 13.4. The van der Waals surface area contributed by atoms with E-state index in [0.29, 0.717) is 12.3 Å². The lowest BCUT2D eigenvalue weighted by Gasteiger charge is -2.57. The number of rotatable bonds is 3. The number of nitrogens with zero attached hydrogens (tertiary/aromatic N) is 1. The first-order valence-corrected chi connectivity index (χ1v) is 12.9. The monoisotopic (exact) mass is 417 g/mol. The number of fused-ring (bicyclic) bond motifs is 5. The average Bonchev–Trinajstić information content (AvgIpc) is 3.04. The largest absolute Gasteiger partial charge is 0.390 e. The van der Waals surface area contributed by atoms with Crippen molar-refractivity contribution < 1.29 is 14.6 Å². The first kappa shape index (κ1) is 21.4. The third kappa shape index (κ3) is 3.69. The molecule has 1 aliphatic heterocycles. The molecule has 1 saturated heterocycles. The van der Waals surface area contributed by atoms with E-state index < -0.39 is 5.60 Å². The van der Waals surface area contributed by atoms with Gasteiger partial charge in [0.15, 0.2) is 0 Å². The molecule has 0 spiro atoms. The summed E-state index contributed by atoms with van der Waals surface area (Å²) in [5.74, 6) is 4.78. The molecule has 5 rings (SSSR count). The smallest absolute Gasteiger partial charge is 0.150 e. The Morgan fingerprint density at radius 1 is 1.03 bits per heavy atom. The van der Waals surface area contributed by atoms with Crippen LogP contribution in [0.2, 0.25) is 0 Å². The standard InChI is InChI=1S/C26H43NO3/c1-17-15-27(12-13-30-17)16-24(28)23-7-6-22-21-5-4-18-14-25(2,29)10-8-19(18)20(21)9-11-26(22,23)3/h17-23,29H,4-16H2,1-3H3/t17-,18?,19+,20-,21-,22+,23-,25-,26+/m1/s1. The molecule has 1 unspecified atom stereocenters. The van der Waals surface area contributed by atoms with Crippen LogP contribution in [0.4, 0.5) is 0 Å². The lowest BCUT2D eigenvalue weighted by Crippen LogP contribution is -2.52. The summed E-state index contributed by atoms with van der Waals surface area (Å²) in [4.78, 5) is 15.8. The molecule has 0 aromatic carbocycles. The zero-order valence-electron chi connectivity index (χ0n) is 19.4. The van der Waals surface area contributed by atoms with Gasteiger partial charge < -0.3 is 9.84 Å². The number of morpholine rings is 1. The van der Waals surface area contributed by atoms with Crippen LogP contribution in [0.5, 0.6) is 0 Å². The minimum absolute atomic E-state index is 0.225. The van der Waals surface area contributed by atoms with Crippen molar-refractivity contribution in [3.63, 3.8) is 0 Å². The molecule has 5 aliphatic rings. The number of carbonyl (C=O) groups is 1. The van der Waals surface area contributed by atoms with Gasteiger partial charge in [-0.1, -0.05) is 6.92 Å². The Kier molecular flexibility index (Phi) is 5.60. The lowest BCUT2D eigenvalue weighted by molar-refractivity contribution is -0.134. The molecule has 0 aromatic rings. The predicted octanol–water partition coefficient (Wildman–Crippen LogP) is 4.30. The van der Waals surface area contributed by atoms with Crippen LogP contribution < -0.4 is 0 Å². The van der Waals surface area contributed by atoms with E-state index >= 15 is 0 Å². The minimum Gasteiger partial charge on any atom is -0.390 e. The molecule has 0 amide bonds. The highest BCUT2D eigenvalue weighted by Gasteiger charge is 2.58. The van der Waals surface area contributed by atoms with Gasteiger partial charge in [0.25, 0.3) is 0 Å². The van der Waals surface area contributed by atoms with Gasteiger partial charge in [0, 0.05) is 19.0 Å². The second-order valence-corrected chi connectivity index (χ2v) is 12.2. The zero-order valence-corrected chi connectivity index (χ0v) is 19.4. The van der Waals surface area contributed by atoms with E-state index in [9.17, 15) is 9.90 Å². The van der Waals surface area contributed by atoms with Gasteiger partial charge in [0.1, 0.15) is 5.78 Å². The van der Waals surface area contributed by atoms with E-state index in [-0.39, 0.29) is 17.4 Å². The van der Waals surface area contributed by atoms with Crippen LogP contribution in [-0.4, -0.2) is 53.7 Å². The van der Waals surface area contributed by atoms with Crippen molar-refractivity contribution >= 4 is 5.78 Å². The van der Waals surface area contributed by atoms with Crippen molar-refractivity contribution in [2.45, 2.75) is 90.3 Å². The summed E-state index contributed by atoms with van der Waals surface area (Å²) in [7, 11) is 0. The van der Waals surface area contributed by atoms with Crippen molar-refractivity contribution in [3.05, 3.63) is 0 Å². The zero-order chi connectivity index (χ0) is 21.1. The van der Waals surface area contributed by atoms with Crippen LogP contribution in [0, 0.1) is 40.9 Å². The lowest BCUT2D eigenvalue weighted by atomic mass is 9.49. The van der Waals surface area contributed by atoms with E-state index in [0.717, 1.165) is 68.5 Å². The third-order valence-corrected chi connectivity index (χ3v) is 10.3. The van der Waals surface area contributed by atoms with Gasteiger partial charge in [-0.2, -0.15) is 0 Å². The van der Waals surface area contributed by atoms with Crippen molar-refractivity contribution in [1.29, 1.82) is 0 Å². The van der Waals surface area contributed by atoms with Crippen molar-refractivity contribution in [3.8, 4) is 0 Å². The summed E-state index contributed by atoms with van der Waals surface area (Å²) in [6, 6.07) is 0. The van der Waals surface area contributed by atoms with E-state index in [2.05, 4.69) is 25.7 Å². The highest BCUT2D eigenvalue weighted by atomic mass is 16.5. The van der Waals surface area contributed by atoms with Crippen LogP contribution in [0.25, 0.3) is 0 Å². The number of Topliss-reactive ketones (excluding diaryl/α,β-unsaturated/α-hetero) is 1. The molecule has 1 N–H and O–H groups in total. The molecule has 30 heavy (non-hydrogen) atoms. The first-order chi connectivity index (χ1) is 14.3. The van der Waals surface area contributed by atoms with Gasteiger partial charge in [-0.05, 0) is 107 Å². The number of carbonyl (C=O) groups excluding carboxylic acids is 1. The fourth-order valence-corrected chi connectivity index (χ4v) is 8.98. The Labute approximate surface area is 183 Å². The summed E-state index contributed by atoms with van der Waals surface area (Å²) >= 11 is 0. The minimum atomic E-state index is -0.432. The van der Waals surface area contributed by atoms with Crippen molar-refractivity contribution in [2.75, 3.05) is 26.2 Å². The highest BCUT2D eigenvalue weighted by Crippen LogP contribution is 2.64. The molecule has 5 fully saturated rings. The predicted molar refractivity (Wildman–Crippen MR) is 118 cm³/mol.